The number of hydrogen-bond donors (Lipinski definition) is 2. The molecule has 0 saturated carbocycles. The van der Waals surface area contributed by atoms with Crippen LogP contribution >= 0.6 is 0 Å². The first kappa shape index (κ1) is 31.2. The molecular weight excluding hydrogens is 553 g/mol. The maximum Gasteiger partial charge on any atom is 0.460 e. The van der Waals surface area contributed by atoms with Crippen LogP contribution in [0.25, 0.3) is 0 Å². The van der Waals surface area contributed by atoms with Crippen molar-refractivity contribution in [2.45, 2.75) is 52.3 Å². The van der Waals surface area contributed by atoms with E-state index in [9.17, 15) is 87.8 Å². The van der Waals surface area contributed by atoms with Gasteiger partial charge in [-0.3, -0.25) is 0 Å². The van der Waals surface area contributed by atoms with E-state index in [0.717, 1.165) is 0 Å². The SMILES string of the molecule is NC(C(=O)O)S(=O)(=O)C(F)(F)C(F)(F)C(F)(F)C(F)(F)C(F)(F)C(F)(F)C(F)(F)C(F)(F)F. The van der Waals surface area contributed by atoms with Crippen LogP contribution in [0.5, 0.6) is 0 Å². The molecule has 0 spiro atoms. The number of carboxylic acids is 1. The predicted molar refractivity (Wildman–Crippen MR) is 65.2 cm³/mol. The van der Waals surface area contributed by atoms with E-state index in [1.54, 1.807) is 0 Å². The Balaban J connectivity index is 7.06. The van der Waals surface area contributed by atoms with E-state index >= 15 is 0 Å². The molecule has 23 heteroatoms. The van der Waals surface area contributed by atoms with Crippen molar-refractivity contribution >= 4 is 15.8 Å². The topological polar surface area (TPSA) is 97.5 Å². The third-order valence-corrected chi connectivity index (χ3v) is 5.47. The molecule has 198 valence electrons. The predicted octanol–water partition coefficient (Wildman–Crippen LogP) is 3.74. The fraction of sp³-hybridized carbons (Fsp3) is 0.900. The average molecular weight is 557 g/mol. The van der Waals surface area contributed by atoms with Gasteiger partial charge in [0.05, 0.1) is 0 Å². The summed E-state index contributed by atoms with van der Waals surface area (Å²) in [5.41, 5.74) is 3.96. The number of alkyl halides is 17. The maximum atomic E-state index is 13.5. The lowest BCUT2D eigenvalue weighted by Crippen LogP contribution is -2.75. The summed E-state index contributed by atoms with van der Waals surface area (Å²) >= 11 is 0. The van der Waals surface area contributed by atoms with Gasteiger partial charge in [-0.1, -0.05) is 0 Å². The molecule has 1 atom stereocenters. The second kappa shape index (κ2) is 7.60. The zero-order valence-corrected chi connectivity index (χ0v) is 15.0. The standard InChI is InChI=1S/C10H4F17NO4S/c11-3(12,5(15,16)7(19,20)9(23,24)25)4(13,14)6(17,18)8(21,22)10(26,27)33(31,32)1(28)2(29)30/h1H,28H2,(H,29,30). The summed E-state index contributed by atoms with van der Waals surface area (Å²) in [7, 11) is -7.85. The van der Waals surface area contributed by atoms with Crippen LogP contribution < -0.4 is 5.73 Å². The molecule has 0 aliphatic heterocycles. The van der Waals surface area contributed by atoms with Crippen LogP contribution in [-0.2, 0) is 14.6 Å². The lowest BCUT2D eigenvalue weighted by molar-refractivity contribution is -0.458. The van der Waals surface area contributed by atoms with Crippen molar-refractivity contribution in [3.63, 3.8) is 0 Å². The van der Waals surface area contributed by atoms with Crippen LogP contribution in [0.4, 0.5) is 74.6 Å². The second-order valence-corrected chi connectivity index (χ2v) is 7.88. The lowest BCUT2D eigenvalue weighted by Gasteiger charge is -2.42. The molecule has 0 saturated heterocycles. The van der Waals surface area contributed by atoms with E-state index in [1.165, 1.54) is 0 Å². The van der Waals surface area contributed by atoms with Gasteiger partial charge in [0.2, 0.25) is 15.2 Å². The fourth-order valence-electron chi connectivity index (χ4n) is 1.62. The van der Waals surface area contributed by atoms with Gasteiger partial charge in [-0.25, -0.2) is 13.2 Å². The van der Waals surface area contributed by atoms with Crippen LogP contribution in [0.1, 0.15) is 0 Å². The average Bonchev–Trinajstić information content (AvgIpc) is 2.58. The van der Waals surface area contributed by atoms with Crippen LogP contribution in [0.15, 0.2) is 0 Å². The number of carbonyl (C=O) groups is 1. The summed E-state index contributed by atoms with van der Waals surface area (Å²) in [6.07, 6.45) is -7.94. The molecule has 5 nitrogen and oxygen atoms in total. The largest absolute Gasteiger partial charge is 0.479 e. The van der Waals surface area contributed by atoms with Gasteiger partial charge in [0.15, 0.2) is 0 Å². The van der Waals surface area contributed by atoms with Gasteiger partial charge in [-0.15, -0.1) is 0 Å². The molecule has 0 radical (unpaired) electrons. The minimum atomic E-state index is -8.99. The molecule has 0 aromatic heterocycles. The molecule has 3 N–H and O–H groups in total. The number of halogens is 17. The van der Waals surface area contributed by atoms with Crippen molar-refractivity contribution in [3.8, 4) is 0 Å². The minimum absolute atomic E-state index is 3.26. The van der Waals surface area contributed by atoms with Crippen LogP contribution in [0.3, 0.4) is 0 Å². The Morgan fingerprint density at radius 2 is 0.818 bits per heavy atom. The smallest absolute Gasteiger partial charge is 0.460 e. The molecule has 0 aromatic carbocycles. The number of rotatable bonds is 9. The van der Waals surface area contributed by atoms with Crippen molar-refractivity contribution in [1.29, 1.82) is 0 Å². The Hall–Kier alpha value is -1.81. The van der Waals surface area contributed by atoms with Crippen molar-refractivity contribution in [2.24, 2.45) is 5.73 Å². The number of aliphatic carboxylic acids is 1. The summed E-state index contributed by atoms with van der Waals surface area (Å²) in [6.45, 7) is 0. The molecule has 0 aliphatic carbocycles. The normalized spacial score (nSPS) is 17.2. The van der Waals surface area contributed by atoms with Gasteiger partial charge in [0.1, 0.15) is 0 Å². The van der Waals surface area contributed by atoms with Gasteiger partial charge < -0.3 is 10.8 Å². The summed E-state index contributed by atoms with van der Waals surface area (Å²) < 4.78 is 243. The number of hydrogen-bond acceptors (Lipinski definition) is 4. The van der Waals surface area contributed by atoms with E-state index < -0.39 is 68.1 Å². The van der Waals surface area contributed by atoms with Crippen molar-refractivity contribution in [3.05, 3.63) is 0 Å². The fourth-order valence-corrected chi connectivity index (χ4v) is 2.69. The second-order valence-electron chi connectivity index (χ2n) is 5.76. The van der Waals surface area contributed by atoms with E-state index in [2.05, 4.69) is 5.73 Å². The maximum absolute atomic E-state index is 13.5. The summed E-state index contributed by atoms with van der Waals surface area (Å²) in [4.78, 5) is 10.2. The van der Waals surface area contributed by atoms with Crippen LogP contribution in [0.2, 0.25) is 0 Å². The van der Waals surface area contributed by atoms with Crippen LogP contribution in [-0.4, -0.2) is 71.8 Å². The van der Waals surface area contributed by atoms with Gasteiger partial charge in [0.25, 0.3) is 0 Å². The summed E-state index contributed by atoms with van der Waals surface area (Å²) in [6, 6.07) is 0. The molecule has 0 aromatic rings. The number of nitrogens with two attached hydrogens (primary N) is 1. The number of sulfone groups is 1. The van der Waals surface area contributed by atoms with Gasteiger partial charge in [-0.2, -0.15) is 74.6 Å². The highest BCUT2D eigenvalue weighted by atomic mass is 32.2. The van der Waals surface area contributed by atoms with E-state index in [0.29, 0.717) is 0 Å². The van der Waals surface area contributed by atoms with Gasteiger partial charge in [-0.05, 0) is 0 Å². The van der Waals surface area contributed by atoms with Gasteiger partial charge in [0, 0.05) is 0 Å². The molecule has 1 unspecified atom stereocenters. The van der Waals surface area contributed by atoms with E-state index in [-0.39, 0.29) is 0 Å². The molecule has 33 heavy (non-hydrogen) atoms. The van der Waals surface area contributed by atoms with E-state index in [4.69, 9.17) is 5.11 Å². The minimum Gasteiger partial charge on any atom is -0.479 e. The Labute approximate surface area is 168 Å². The molecule has 0 aliphatic rings. The summed E-state index contributed by atoms with van der Waals surface area (Å²) in [5, 5.41) is -4.23. The highest BCUT2D eigenvalue weighted by molar-refractivity contribution is 7.93. The van der Waals surface area contributed by atoms with Gasteiger partial charge >= 0.3 is 52.9 Å². The zero-order valence-electron chi connectivity index (χ0n) is 14.2. The molecule has 0 bridgehead atoms. The van der Waals surface area contributed by atoms with E-state index in [1.807, 2.05) is 0 Å². The van der Waals surface area contributed by atoms with Crippen LogP contribution in [0, 0.1) is 0 Å². The molecular formula is C10H4F17NO4S. The highest BCUT2D eigenvalue weighted by Gasteiger charge is 2.96. The Kier molecular flexibility index (Phi) is 7.18. The monoisotopic (exact) mass is 557 g/mol. The Bertz CT molecular complexity index is 877. The third kappa shape index (κ3) is 3.73. The first-order chi connectivity index (χ1) is 13.9. The first-order valence-corrected chi connectivity index (χ1v) is 8.33. The number of carboxylic acid groups (broad SMARTS) is 1. The zero-order chi connectivity index (χ0) is 27.7. The highest BCUT2D eigenvalue weighted by Crippen LogP contribution is 2.64. The van der Waals surface area contributed by atoms with Crippen molar-refractivity contribution < 1.29 is 93.0 Å². The molecule has 0 amide bonds. The lowest BCUT2D eigenvalue weighted by atomic mass is 9.91. The molecule has 0 heterocycles. The first-order valence-electron chi connectivity index (χ1n) is 6.79. The Morgan fingerprint density at radius 3 is 1.06 bits per heavy atom. The Morgan fingerprint density at radius 1 is 0.576 bits per heavy atom. The molecule has 0 fully saturated rings. The molecule has 0 rings (SSSR count). The van der Waals surface area contributed by atoms with Crippen molar-refractivity contribution in [2.75, 3.05) is 0 Å². The quantitative estimate of drug-likeness (QED) is 0.422. The third-order valence-electron chi connectivity index (χ3n) is 3.63. The van der Waals surface area contributed by atoms with Crippen molar-refractivity contribution in [1.82, 2.24) is 0 Å². The summed E-state index contributed by atoms with van der Waals surface area (Å²) in [5.74, 6) is -55.8.